The van der Waals surface area contributed by atoms with E-state index < -0.39 is 5.60 Å². The van der Waals surface area contributed by atoms with Gasteiger partial charge in [0, 0.05) is 19.5 Å². The maximum atomic E-state index is 12.8. The molecule has 0 bridgehead atoms. The Labute approximate surface area is 171 Å². The summed E-state index contributed by atoms with van der Waals surface area (Å²) in [6.45, 7) is 1.60. The molecule has 4 nitrogen and oxygen atoms in total. The molecule has 0 saturated carbocycles. The van der Waals surface area contributed by atoms with Crippen molar-refractivity contribution in [1.82, 2.24) is 4.90 Å². The number of carbonyl (C=O) groups is 1. The largest absolute Gasteiger partial charge is 0.490 e. The summed E-state index contributed by atoms with van der Waals surface area (Å²) in [6, 6.07) is 29.9. The molecule has 1 aliphatic heterocycles. The number of benzene rings is 3. The van der Waals surface area contributed by atoms with Gasteiger partial charge in [-0.2, -0.15) is 0 Å². The fourth-order valence-corrected chi connectivity index (χ4v) is 3.66. The molecule has 4 rings (SSSR count). The fourth-order valence-electron chi connectivity index (χ4n) is 3.66. The first-order chi connectivity index (χ1) is 14.3. The predicted octanol–water partition coefficient (Wildman–Crippen LogP) is 4.41. The van der Waals surface area contributed by atoms with Crippen molar-refractivity contribution >= 4 is 5.91 Å². The molecule has 1 unspecified atom stereocenters. The van der Waals surface area contributed by atoms with Crippen LogP contribution in [0.25, 0.3) is 0 Å². The van der Waals surface area contributed by atoms with Gasteiger partial charge in [-0.15, -0.1) is 0 Å². The van der Waals surface area contributed by atoms with Gasteiger partial charge in [-0.3, -0.25) is 4.79 Å². The summed E-state index contributed by atoms with van der Waals surface area (Å²) >= 11 is 0. The van der Waals surface area contributed by atoms with E-state index in [4.69, 9.17) is 9.47 Å². The molecule has 1 atom stereocenters. The van der Waals surface area contributed by atoms with Crippen LogP contribution in [0.15, 0.2) is 91.0 Å². The zero-order valence-corrected chi connectivity index (χ0v) is 16.4. The molecular weight excluding hydrogens is 362 g/mol. The van der Waals surface area contributed by atoms with Gasteiger partial charge in [0.15, 0.2) is 0 Å². The zero-order chi connectivity index (χ0) is 19.9. The summed E-state index contributed by atoms with van der Waals surface area (Å²) in [5, 5.41) is 0. The first-order valence-electron chi connectivity index (χ1n) is 9.94. The number of carbonyl (C=O) groups excluding carboxylic acids is 1. The van der Waals surface area contributed by atoms with Crippen LogP contribution in [0.5, 0.6) is 5.75 Å². The minimum atomic E-state index is -0.668. The number of rotatable bonds is 6. The maximum Gasteiger partial charge on any atom is 0.248 e. The van der Waals surface area contributed by atoms with Gasteiger partial charge in [0.25, 0.3) is 0 Å². The van der Waals surface area contributed by atoms with Crippen molar-refractivity contribution in [3.05, 3.63) is 102 Å². The van der Waals surface area contributed by atoms with E-state index in [2.05, 4.69) is 0 Å². The van der Waals surface area contributed by atoms with Crippen LogP contribution in [0.4, 0.5) is 0 Å². The highest BCUT2D eigenvalue weighted by Gasteiger charge is 2.39. The van der Waals surface area contributed by atoms with E-state index in [1.54, 1.807) is 0 Å². The van der Waals surface area contributed by atoms with Crippen LogP contribution in [-0.4, -0.2) is 30.6 Å². The molecule has 4 heteroatoms. The van der Waals surface area contributed by atoms with Gasteiger partial charge < -0.3 is 14.4 Å². The number of nitrogens with zero attached hydrogens (tertiary/aromatic N) is 1. The lowest BCUT2D eigenvalue weighted by Crippen LogP contribution is -2.37. The molecule has 0 radical (unpaired) electrons. The fraction of sp³-hybridized carbons (Fsp3) is 0.240. The molecule has 0 N–H and O–H groups in total. The summed E-state index contributed by atoms with van der Waals surface area (Å²) < 4.78 is 12.4. The van der Waals surface area contributed by atoms with Crippen molar-refractivity contribution in [2.45, 2.75) is 18.6 Å². The Morgan fingerprint density at radius 3 is 2.17 bits per heavy atom. The standard InChI is InChI=1S/C25H25NO3/c27-24-19-29-25(22-12-6-2-7-13-22,20-28-23-14-8-3-9-15-23)16-17-26(24)18-21-10-4-1-5-11-21/h1-15H,16-20H2. The van der Waals surface area contributed by atoms with Crippen molar-refractivity contribution < 1.29 is 14.3 Å². The summed E-state index contributed by atoms with van der Waals surface area (Å²) in [4.78, 5) is 14.6. The minimum absolute atomic E-state index is 0.00590. The molecule has 0 aromatic heterocycles. The summed E-state index contributed by atoms with van der Waals surface area (Å²) in [6.07, 6.45) is 0.669. The third-order valence-electron chi connectivity index (χ3n) is 5.34. The molecule has 0 spiro atoms. The smallest absolute Gasteiger partial charge is 0.248 e. The number of ether oxygens (including phenoxy) is 2. The van der Waals surface area contributed by atoms with E-state index in [-0.39, 0.29) is 12.5 Å². The third kappa shape index (κ3) is 4.66. The maximum absolute atomic E-state index is 12.8. The van der Waals surface area contributed by atoms with E-state index in [1.165, 1.54) is 0 Å². The van der Waals surface area contributed by atoms with Crippen molar-refractivity contribution in [1.29, 1.82) is 0 Å². The van der Waals surface area contributed by atoms with Crippen molar-refractivity contribution in [2.24, 2.45) is 0 Å². The second kappa shape index (κ2) is 8.93. The van der Waals surface area contributed by atoms with Crippen LogP contribution >= 0.6 is 0 Å². The van der Waals surface area contributed by atoms with Crippen molar-refractivity contribution in [3.63, 3.8) is 0 Å². The summed E-state index contributed by atoms with van der Waals surface area (Å²) in [7, 11) is 0. The van der Waals surface area contributed by atoms with Crippen LogP contribution in [0.1, 0.15) is 17.5 Å². The van der Waals surface area contributed by atoms with E-state index in [0.29, 0.717) is 26.1 Å². The van der Waals surface area contributed by atoms with Crippen LogP contribution in [0, 0.1) is 0 Å². The van der Waals surface area contributed by atoms with Crippen LogP contribution in [0.2, 0.25) is 0 Å². The van der Waals surface area contributed by atoms with Gasteiger partial charge in [0.1, 0.15) is 24.6 Å². The average Bonchev–Trinajstić information content (AvgIpc) is 2.95. The molecule has 148 valence electrons. The Bertz CT molecular complexity index is 915. The first kappa shape index (κ1) is 19.2. The second-order valence-corrected chi connectivity index (χ2v) is 7.30. The number of para-hydroxylation sites is 1. The Kier molecular flexibility index (Phi) is 5.92. The number of hydrogen-bond acceptors (Lipinski definition) is 3. The number of amides is 1. The Hall–Kier alpha value is -3.11. The second-order valence-electron chi connectivity index (χ2n) is 7.30. The average molecular weight is 387 g/mol. The van der Waals surface area contributed by atoms with Gasteiger partial charge in [0.05, 0.1) is 0 Å². The van der Waals surface area contributed by atoms with E-state index in [9.17, 15) is 4.79 Å². The molecule has 3 aromatic rings. The Balaban J connectivity index is 1.55. The van der Waals surface area contributed by atoms with E-state index in [1.807, 2.05) is 95.9 Å². The molecule has 1 heterocycles. The summed E-state index contributed by atoms with van der Waals surface area (Å²) in [5.41, 5.74) is 1.48. The van der Waals surface area contributed by atoms with E-state index in [0.717, 1.165) is 16.9 Å². The van der Waals surface area contributed by atoms with Crippen LogP contribution < -0.4 is 4.74 Å². The quantitative estimate of drug-likeness (QED) is 0.629. The zero-order valence-electron chi connectivity index (χ0n) is 16.4. The van der Waals surface area contributed by atoms with Crippen LogP contribution in [-0.2, 0) is 21.7 Å². The van der Waals surface area contributed by atoms with Crippen LogP contribution in [0.3, 0.4) is 0 Å². The SMILES string of the molecule is O=C1COC(COc2ccccc2)(c2ccccc2)CCN1Cc1ccccc1. The highest BCUT2D eigenvalue weighted by Crippen LogP contribution is 2.33. The Morgan fingerprint density at radius 2 is 1.48 bits per heavy atom. The normalized spacial score (nSPS) is 19.6. The molecular formula is C25H25NO3. The number of hydrogen-bond donors (Lipinski definition) is 0. The molecule has 1 amide bonds. The van der Waals surface area contributed by atoms with Gasteiger partial charge in [-0.25, -0.2) is 0 Å². The topological polar surface area (TPSA) is 38.8 Å². The first-order valence-corrected chi connectivity index (χ1v) is 9.94. The van der Waals surface area contributed by atoms with Crippen molar-refractivity contribution in [2.75, 3.05) is 19.8 Å². The van der Waals surface area contributed by atoms with E-state index >= 15 is 0 Å². The van der Waals surface area contributed by atoms with Crippen molar-refractivity contribution in [3.8, 4) is 5.75 Å². The highest BCUT2D eigenvalue weighted by atomic mass is 16.5. The molecule has 1 aliphatic rings. The monoisotopic (exact) mass is 387 g/mol. The van der Waals surface area contributed by atoms with Gasteiger partial charge in [-0.05, 0) is 23.3 Å². The lowest BCUT2D eigenvalue weighted by atomic mass is 9.90. The molecule has 1 fully saturated rings. The van der Waals surface area contributed by atoms with Gasteiger partial charge in [0.2, 0.25) is 5.91 Å². The Morgan fingerprint density at radius 1 is 0.862 bits per heavy atom. The molecule has 29 heavy (non-hydrogen) atoms. The summed E-state index contributed by atoms with van der Waals surface area (Å²) in [5.74, 6) is 0.800. The highest BCUT2D eigenvalue weighted by molar-refractivity contribution is 5.77. The molecule has 0 aliphatic carbocycles. The van der Waals surface area contributed by atoms with Gasteiger partial charge >= 0.3 is 0 Å². The van der Waals surface area contributed by atoms with Gasteiger partial charge in [-0.1, -0.05) is 78.9 Å². The molecule has 3 aromatic carbocycles. The lowest BCUT2D eigenvalue weighted by molar-refractivity contribution is -0.140. The lowest BCUT2D eigenvalue weighted by Gasteiger charge is -2.32. The predicted molar refractivity (Wildman–Crippen MR) is 112 cm³/mol. The third-order valence-corrected chi connectivity index (χ3v) is 5.34. The molecule has 1 saturated heterocycles. The minimum Gasteiger partial charge on any atom is -0.490 e.